The Morgan fingerprint density at radius 3 is 2.35 bits per heavy atom. The third kappa shape index (κ3) is 5.39. The molecule has 1 aromatic carbocycles. The number of rotatable bonds is 7. The molecule has 0 spiro atoms. The van der Waals surface area contributed by atoms with Crippen LogP contribution in [0.4, 0.5) is 8.78 Å². The summed E-state index contributed by atoms with van der Waals surface area (Å²) in [6, 6.07) is 2.88. The van der Waals surface area contributed by atoms with E-state index in [4.69, 9.17) is 0 Å². The van der Waals surface area contributed by atoms with Crippen molar-refractivity contribution in [2.24, 2.45) is 5.41 Å². The van der Waals surface area contributed by atoms with Crippen LogP contribution in [0.2, 0.25) is 0 Å². The molecule has 0 saturated heterocycles. The maximum absolute atomic E-state index is 13.8. The van der Waals surface area contributed by atoms with Gasteiger partial charge in [0.15, 0.2) is 0 Å². The molecule has 1 amide bonds. The summed E-state index contributed by atoms with van der Waals surface area (Å²) < 4.78 is 26.7. The van der Waals surface area contributed by atoms with Gasteiger partial charge in [0.25, 0.3) is 0 Å². The van der Waals surface area contributed by atoms with Crippen LogP contribution in [0.25, 0.3) is 0 Å². The van der Waals surface area contributed by atoms with Crippen molar-refractivity contribution >= 4 is 11.7 Å². The fourth-order valence-corrected chi connectivity index (χ4v) is 2.12. The molecule has 0 radical (unpaired) electrons. The lowest BCUT2D eigenvalue weighted by atomic mass is 9.85. The van der Waals surface area contributed by atoms with E-state index in [0.717, 1.165) is 12.1 Å². The number of aliphatic hydroxyl groups is 1. The molecule has 0 bridgehead atoms. The highest BCUT2D eigenvalue weighted by molar-refractivity contribution is 5.83. The third-order valence-corrected chi connectivity index (χ3v) is 3.82. The minimum absolute atomic E-state index is 0.00810. The molecule has 0 aliphatic carbocycles. The van der Waals surface area contributed by atoms with E-state index in [1.165, 1.54) is 13.8 Å². The summed E-state index contributed by atoms with van der Waals surface area (Å²) in [7, 11) is 0. The highest BCUT2D eigenvalue weighted by atomic mass is 19.1. The van der Waals surface area contributed by atoms with Crippen LogP contribution in [-0.4, -0.2) is 23.3 Å². The molecule has 23 heavy (non-hydrogen) atoms. The van der Waals surface area contributed by atoms with E-state index in [0.29, 0.717) is 12.5 Å². The average molecular weight is 327 g/mol. The zero-order valence-corrected chi connectivity index (χ0v) is 13.9. The number of benzene rings is 1. The van der Waals surface area contributed by atoms with E-state index in [-0.39, 0.29) is 30.2 Å². The monoisotopic (exact) mass is 327 g/mol. The first kappa shape index (κ1) is 19.2. The molecule has 1 atom stereocenters. The van der Waals surface area contributed by atoms with Gasteiger partial charge < -0.3 is 15.2 Å². The SMILES string of the molecule is CC(=O)CCC(C)(C)C(=O)NCC(C)(O)c1ccc(F)cc1F. The van der Waals surface area contributed by atoms with Gasteiger partial charge >= 0.3 is 0 Å². The number of Topliss-reactive ketones (excluding diaryl/α,β-unsaturated/α-hetero) is 1. The van der Waals surface area contributed by atoms with Crippen molar-refractivity contribution in [3.8, 4) is 0 Å². The fraction of sp³-hybridized carbons (Fsp3) is 0.529. The van der Waals surface area contributed by atoms with Gasteiger partial charge in [-0.05, 0) is 26.3 Å². The molecule has 2 N–H and O–H groups in total. The van der Waals surface area contributed by atoms with Crippen LogP contribution >= 0.6 is 0 Å². The van der Waals surface area contributed by atoms with Crippen molar-refractivity contribution in [2.75, 3.05) is 6.54 Å². The number of nitrogens with one attached hydrogen (secondary N) is 1. The third-order valence-electron chi connectivity index (χ3n) is 3.82. The van der Waals surface area contributed by atoms with Gasteiger partial charge in [-0.25, -0.2) is 8.78 Å². The second kappa shape index (κ2) is 7.17. The molecule has 0 aliphatic rings. The molecule has 4 nitrogen and oxygen atoms in total. The number of carbonyl (C=O) groups is 2. The summed E-state index contributed by atoms with van der Waals surface area (Å²) in [6.07, 6.45) is 0.657. The van der Waals surface area contributed by atoms with Gasteiger partial charge in [-0.2, -0.15) is 0 Å². The Balaban J connectivity index is 2.75. The second-order valence-electron chi connectivity index (χ2n) is 6.67. The maximum Gasteiger partial charge on any atom is 0.225 e. The number of amides is 1. The zero-order chi connectivity index (χ0) is 17.8. The normalized spacial score (nSPS) is 14.2. The first-order valence-corrected chi connectivity index (χ1v) is 7.41. The minimum atomic E-state index is -1.68. The molecule has 128 valence electrons. The maximum atomic E-state index is 13.8. The molecule has 1 rings (SSSR count). The summed E-state index contributed by atoms with van der Waals surface area (Å²) >= 11 is 0. The van der Waals surface area contributed by atoms with Crippen LogP contribution in [0.3, 0.4) is 0 Å². The number of carbonyl (C=O) groups excluding carboxylic acids is 2. The molecule has 0 fully saturated rings. The fourth-order valence-electron chi connectivity index (χ4n) is 2.12. The number of ketones is 1. The van der Waals surface area contributed by atoms with Crippen molar-refractivity contribution in [3.05, 3.63) is 35.4 Å². The Kier molecular flexibility index (Phi) is 5.99. The van der Waals surface area contributed by atoms with Crippen molar-refractivity contribution in [3.63, 3.8) is 0 Å². The molecule has 1 unspecified atom stereocenters. The summed E-state index contributed by atoms with van der Waals surface area (Å²) in [6.45, 7) is 5.96. The molecule has 1 aromatic rings. The summed E-state index contributed by atoms with van der Waals surface area (Å²) in [5.41, 5.74) is -2.56. The minimum Gasteiger partial charge on any atom is -0.383 e. The summed E-state index contributed by atoms with van der Waals surface area (Å²) in [4.78, 5) is 23.2. The van der Waals surface area contributed by atoms with E-state index in [1.807, 2.05) is 0 Å². The summed E-state index contributed by atoms with van der Waals surface area (Å²) in [5, 5.41) is 12.9. The lowest BCUT2D eigenvalue weighted by Gasteiger charge is -2.28. The van der Waals surface area contributed by atoms with Crippen molar-refractivity contribution in [1.82, 2.24) is 5.32 Å². The van der Waals surface area contributed by atoms with E-state index >= 15 is 0 Å². The van der Waals surface area contributed by atoms with Crippen molar-refractivity contribution in [1.29, 1.82) is 0 Å². The number of hydrogen-bond donors (Lipinski definition) is 2. The van der Waals surface area contributed by atoms with Crippen molar-refractivity contribution < 1.29 is 23.5 Å². The molecule has 0 saturated carbocycles. The molecule has 0 aliphatic heterocycles. The van der Waals surface area contributed by atoms with Crippen molar-refractivity contribution in [2.45, 2.75) is 46.1 Å². The molecular formula is C17H23F2NO3. The Morgan fingerprint density at radius 1 is 1.22 bits per heavy atom. The van der Waals surface area contributed by atoms with Gasteiger partial charge in [-0.15, -0.1) is 0 Å². The van der Waals surface area contributed by atoms with Crippen LogP contribution in [0.15, 0.2) is 18.2 Å². The van der Waals surface area contributed by atoms with E-state index in [2.05, 4.69) is 5.32 Å². The Hall–Kier alpha value is -1.82. The predicted molar refractivity (Wildman–Crippen MR) is 82.6 cm³/mol. The molecule has 6 heteroatoms. The smallest absolute Gasteiger partial charge is 0.225 e. The van der Waals surface area contributed by atoms with Crippen LogP contribution in [0.5, 0.6) is 0 Å². The average Bonchev–Trinajstić information content (AvgIpc) is 2.42. The topological polar surface area (TPSA) is 66.4 Å². The Labute approximate surface area is 134 Å². The number of hydrogen-bond acceptors (Lipinski definition) is 3. The van der Waals surface area contributed by atoms with Gasteiger partial charge in [0.2, 0.25) is 5.91 Å². The largest absolute Gasteiger partial charge is 0.383 e. The van der Waals surface area contributed by atoms with Crippen LogP contribution < -0.4 is 5.32 Å². The van der Waals surface area contributed by atoms with Gasteiger partial charge in [0.1, 0.15) is 23.0 Å². The van der Waals surface area contributed by atoms with Gasteiger partial charge in [-0.3, -0.25) is 4.79 Å². The molecule has 0 aromatic heterocycles. The first-order valence-electron chi connectivity index (χ1n) is 7.41. The van der Waals surface area contributed by atoms with Gasteiger partial charge in [0, 0.05) is 23.5 Å². The molecular weight excluding hydrogens is 304 g/mol. The Morgan fingerprint density at radius 2 is 1.83 bits per heavy atom. The number of halogens is 2. The highest BCUT2D eigenvalue weighted by Crippen LogP contribution is 2.26. The second-order valence-corrected chi connectivity index (χ2v) is 6.67. The zero-order valence-electron chi connectivity index (χ0n) is 13.9. The lowest BCUT2D eigenvalue weighted by Crippen LogP contribution is -2.44. The Bertz CT molecular complexity index is 598. The van der Waals surface area contributed by atoms with E-state index in [9.17, 15) is 23.5 Å². The van der Waals surface area contributed by atoms with Crippen LogP contribution in [0.1, 0.15) is 46.1 Å². The predicted octanol–water partition coefficient (Wildman–Crippen LogP) is 2.68. The summed E-state index contributed by atoms with van der Waals surface area (Å²) in [5.74, 6) is -1.97. The van der Waals surface area contributed by atoms with Crippen LogP contribution in [-0.2, 0) is 15.2 Å². The first-order chi connectivity index (χ1) is 10.5. The quantitative estimate of drug-likeness (QED) is 0.809. The standard InChI is InChI=1S/C17H23F2NO3/c1-11(21)7-8-16(2,3)15(22)20-10-17(4,23)13-6-5-12(18)9-14(13)19/h5-6,9,23H,7-8,10H2,1-4H3,(H,20,22). The van der Waals surface area contributed by atoms with E-state index < -0.39 is 22.7 Å². The van der Waals surface area contributed by atoms with Crippen LogP contribution in [0, 0.1) is 17.0 Å². The van der Waals surface area contributed by atoms with E-state index in [1.54, 1.807) is 13.8 Å². The molecule has 0 heterocycles. The highest BCUT2D eigenvalue weighted by Gasteiger charge is 2.32. The van der Waals surface area contributed by atoms with Gasteiger partial charge in [0.05, 0.1) is 6.54 Å². The lowest BCUT2D eigenvalue weighted by molar-refractivity contribution is -0.131. The van der Waals surface area contributed by atoms with Gasteiger partial charge in [-0.1, -0.05) is 19.9 Å².